The first-order valence-electron chi connectivity index (χ1n) is 9.12. The largest absolute Gasteiger partial charge is 0.416 e. The molecule has 1 amide bonds. The van der Waals surface area contributed by atoms with Crippen LogP contribution in [0.4, 0.5) is 13.2 Å². The van der Waals surface area contributed by atoms with E-state index < -0.39 is 17.0 Å². The van der Waals surface area contributed by atoms with E-state index in [1.54, 1.807) is 12.3 Å². The number of rotatable bonds is 4. The van der Waals surface area contributed by atoms with Gasteiger partial charge in [-0.15, -0.1) is 5.10 Å². The number of carbonyl (C=O) groups is 1. The maximum absolute atomic E-state index is 12.9. The Morgan fingerprint density at radius 2 is 1.80 bits per heavy atom. The van der Waals surface area contributed by atoms with Gasteiger partial charge in [0.1, 0.15) is 0 Å². The molecule has 0 aliphatic carbocycles. The maximum atomic E-state index is 12.9. The van der Waals surface area contributed by atoms with Crippen LogP contribution in [0.5, 0.6) is 0 Å². The number of halogens is 3. The Morgan fingerprint density at radius 1 is 1.03 bits per heavy atom. The summed E-state index contributed by atoms with van der Waals surface area (Å²) in [6.07, 6.45) is -2.63. The molecule has 3 aromatic carbocycles. The summed E-state index contributed by atoms with van der Waals surface area (Å²) in [7, 11) is 0. The lowest BCUT2D eigenvalue weighted by atomic mass is 10.1. The average molecular weight is 427 g/mol. The number of hydrogen-bond acceptors (Lipinski definition) is 4. The van der Waals surface area contributed by atoms with Crippen molar-refractivity contribution in [3.05, 3.63) is 83.4 Å². The number of alkyl halides is 3. The highest BCUT2D eigenvalue weighted by molar-refractivity contribution is 8.15. The van der Waals surface area contributed by atoms with Gasteiger partial charge in [0.2, 0.25) is 5.91 Å². The van der Waals surface area contributed by atoms with Crippen molar-refractivity contribution in [2.75, 3.05) is 0 Å². The fraction of sp³-hybridized carbons (Fsp3) is 0.136. The second-order valence-corrected chi connectivity index (χ2v) is 7.91. The van der Waals surface area contributed by atoms with E-state index in [0.717, 1.165) is 40.2 Å². The zero-order valence-corrected chi connectivity index (χ0v) is 16.4. The second-order valence-electron chi connectivity index (χ2n) is 6.72. The van der Waals surface area contributed by atoms with Crippen LogP contribution in [0.3, 0.4) is 0 Å². The SMILES string of the molecule is O=C1N/C(=N/N=C/c2cccc3ccccc23)SC1Cc1cccc(C(F)(F)F)c1. The molecule has 4 rings (SSSR count). The molecule has 0 bridgehead atoms. The van der Waals surface area contributed by atoms with Crippen LogP contribution in [0.1, 0.15) is 16.7 Å². The summed E-state index contributed by atoms with van der Waals surface area (Å²) < 4.78 is 38.6. The molecule has 3 aromatic rings. The zero-order chi connectivity index (χ0) is 21.1. The van der Waals surface area contributed by atoms with Crippen molar-refractivity contribution in [2.45, 2.75) is 17.8 Å². The van der Waals surface area contributed by atoms with Gasteiger partial charge in [0.15, 0.2) is 5.17 Å². The van der Waals surface area contributed by atoms with Crippen molar-refractivity contribution in [3.8, 4) is 0 Å². The van der Waals surface area contributed by atoms with Gasteiger partial charge in [0.05, 0.1) is 17.0 Å². The van der Waals surface area contributed by atoms with Gasteiger partial charge in [-0.05, 0) is 28.8 Å². The highest BCUT2D eigenvalue weighted by Gasteiger charge is 2.33. The van der Waals surface area contributed by atoms with Crippen LogP contribution in [0.15, 0.2) is 76.9 Å². The molecule has 0 saturated carbocycles. The molecule has 1 unspecified atom stereocenters. The van der Waals surface area contributed by atoms with Gasteiger partial charge >= 0.3 is 6.18 Å². The summed E-state index contributed by atoms with van der Waals surface area (Å²) in [5.41, 5.74) is 0.613. The minimum Gasteiger partial charge on any atom is -0.303 e. The van der Waals surface area contributed by atoms with E-state index in [4.69, 9.17) is 0 Å². The van der Waals surface area contributed by atoms with E-state index in [1.807, 2.05) is 42.5 Å². The average Bonchev–Trinajstić information content (AvgIpc) is 3.07. The fourth-order valence-electron chi connectivity index (χ4n) is 3.18. The third-order valence-corrected chi connectivity index (χ3v) is 5.69. The molecule has 1 heterocycles. The number of amides is 1. The van der Waals surface area contributed by atoms with E-state index in [-0.39, 0.29) is 12.3 Å². The second kappa shape index (κ2) is 8.31. The van der Waals surface area contributed by atoms with E-state index in [9.17, 15) is 18.0 Å². The Hall–Kier alpha value is -3.13. The molecule has 152 valence electrons. The van der Waals surface area contributed by atoms with Gasteiger partial charge in [-0.3, -0.25) is 4.79 Å². The molecule has 1 aliphatic rings. The lowest BCUT2D eigenvalue weighted by molar-refractivity contribution is -0.137. The molecule has 4 nitrogen and oxygen atoms in total. The van der Waals surface area contributed by atoms with Crippen LogP contribution in [0.25, 0.3) is 10.8 Å². The van der Waals surface area contributed by atoms with Crippen LogP contribution < -0.4 is 5.32 Å². The molecule has 0 radical (unpaired) electrons. The lowest BCUT2D eigenvalue weighted by Crippen LogP contribution is -2.26. The Morgan fingerprint density at radius 3 is 2.63 bits per heavy atom. The predicted molar refractivity (Wildman–Crippen MR) is 114 cm³/mol. The normalized spacial score (nSPS) is 18.4. The summed E-state index contributed by atoms with van der Waals surface area (Å²) in [5, 5.41) is 12.7. The number of fused-ring (bicyclic) bond motifs is 1. The van der Waals surface area contributed by atoms with Gasteiger partial charge in [-0.1, -0.05) is 72.4 Å². The van der Waals surface area contributed by atoms with Crippen LogP contribution in [-0.4, -0.2) is 22.5 Å². The van der Waals surface area contributed by atoms with Crippen molar-refractivity contribution in [1.82, 2.24) is 5.32 Å². The number of thioether (sulfide) groups is 1. The maximum Gasteiger partial charge on any atom is 0.416 e. The molecular formula is C22H16F3N3OS. The highest BCUT2D eigenvalue weighted by Crippen LogP contribution is 2.31. The minimum absolute atomic E-state index is 0.173. The summed E-state index contributed by atoms with van der Waals surface area (Å²) in [6.45, 7) is 0. The van der Waals surface area contributed by atoms with E-state index in [1.165, 1.54) is 6.07 Å². The van der Waals surface area contributed by atoms with Crippen molar-refractivity contribution in [1.29, 1.82) is 0 Å². The summed E-state index contributed by atoms with van der Waals surface area (Å²) in [4.78, 5) is 12.2. The summed E-state index contributed by atoms with van der Waals surface area (Å²) >= 11 is 1.16. The van der Waals surface area contributed by atoms with Crippen LogP contribution in [-0.2, 0) is 17.4 Å². The van der Waals surface area contributed by atoms with E-state index in [0.29, 0.717) is 10.7 Å². The molecule has 0 aromatic heterocycles. The molecule has 1 atom stereocenters. The van der Waals surface area contributed by atoms with Crippen molar-refractivity contribution < 1.29 is 18.0 Å². The van der Waals surface area contributed by atoms with Gasteiger partial charge in [0, 0.05) is 5.56 Å². The summed E-state index contributed by atoms with van der Waals surface area (Å²) in [5.74, 6) is -0.295. The molecule has 8 heteroatoms. The Kier molecular flexibility index (Phi) is 5.59. The van der Waals surface area contributed by atoms with Crippen molar-refractivity contribution in [2.24, 2.45) is 10.2 Å². The standard InChI is InChI=1S/C22H16F3N3OS/c23-22(24,25)17-9-3-5-14(11-17)12-19-20(29)27-21(30-19)28-26-13-16-8-4-7-15-6-1-2-10-18(15)16/h1-11,13,19H,12H2,(H,27,28,29)/b26-13+. The van der Waals surface area contributed by atoms with Gasteiger partial charge in [-0.25, -0.2) is 0 Å². The summed E-state index contributed by atoms with van der Waals surface area (Å²) in [6, 6.07) is 18.7. The lowest BCUT2D eigenvalue weighted by Gasteiger charge is -2.10. The third kappa shape index (κ3) is 4.54. The smallest absolute Gasteiger partial charge is 0.303 e. The van der Waals surface area contributed by atoms with Gasteiger partial charge in [-0.2, -0.15) is 18.3 Å². The number of benzene rings is 3. The van der Waals surface area contributed by atoms with E-state index >= 15 is 0 Å². The number of nitrogens with one attached hydrogen (secondary N) is 1. The zero-order valence-electron chi connectivity index (χ0n) is 15.6. The topological polar surface area (TPSA) is 53.8 Å². The molecule has 1 saturated heterocycles. The van der Waals surface area contributed by atoms with Crippen molar-refractivity contribution >= 4 is 39.8 Å². The Bertz CT molecular complexity index is 1150. The highest BCUT2D eigenvalue weighted by atomic mass is 32.2. The van der Waals surface area contributed by atoms with Crippen LogP contribution in [0, 0.1) is 0 Å². The first kappa shape index (κ1) is 20.2. The number of hydrogen-bond donors (Lipinski definition) is 1. The molecule has 1 fully saturated rings. The van der Waals surface area contributed by atoms with E-state index in [2.05, 4.69) is 15.5 Å². The first-order chi connectivity index (χ1) is 14.4. The Balaban J connectivity index is 1.46. The molecule has 30 heavy (non-hydrogen) atoms. The van der Waals surface area contributed by atoms with Crippen LogP contribution >= 0.6 is 11.8 Å². The Labute approximate surface area is 174 Å². The first-order valence-corrected chi connectivity index (χ1v) is 10.0. The van der Waals surface area contributed by atoms with Gasteiger partial charge < -0.3 is 5.32 Å². The fourth-order valence-corrected chi connectivity index (χ4v) is 4.15. The molecular weight excluding hydrogens is 411 g/mol. The molecule has 1 aliphatic heterocycles. The molecule has 1 N–H and O–H groups in total. The van der Waals surface area contributed by atoms with Gasteiger partial charge in [0.25, 0.3) is 0 Å². The number of amidine groups is 1. The minimum atomic E-state index is -4.41. The quantitative estimate of drug-likeness (QED) is 0.469. The number of nitrogens with zero attached hydrogens (tertiary/aromatic N) is 2. The number of carbonyl (C=O) groups excluding carboxylic acids is 1. The monoisotopic (exact) mass is 427 g/mol. The molecule has 0 spiro atoms. The third-order valence-electron chi connectivity index (χ3n) is 4.62. The van der Waals surface area contributed by atoms with Crippen LogP contribution in [0.2, 0.25) is 0 Å². The predicted octanol–water partition coefficient (Wildman–Crippen LogP) is 5.02. The van der Waals surface area contributed by atoms with Crippen molar-refractivity contribution in [3.63, 3.8) is 0 Å².